The quantitative estimate of drug-likeness (QED) is 0.438. The Morgan fingerprint density at radius 3 is 2.26 bits per heavy atom. The summed E-state index contributed by atoms with van der Waals surface area (Å²) in [5.41, 5.74) is 3.17. The van der Waals surface area contributed by atoms with E-state index >= 15 is 0 Å². The van der Waals surface area contributed by atoms with Crippen molar-refractivity contribution in [3.05, 3.63) is 80.2 Å². The molecule has 0 amide bonds. The summed E-state index contributed by atoms with van der Waals surface area (Å²) < 4.78 is 6.86. The van der Waals surface area contributed by atoms with Gasteiger partial charge in [-0.3, -0.25) is 0 Å². The Morgan fingerprint density at radius 1 is 0.963 bits per heavy atom. The lowest BCUT2D eigenvalue weighted by molar-refractivity contribution is 0.202. The fourth-order valence-electron chi connectivity index (χ4n) is 2.76. The normalized spacial score (nSPS) is 14.9. The third kappa shape index (κ3) is 4.44. The van der Waals surface area contributed by atoms with Crippen LogP contribution in [-0.2, 0) is 4.43 Å². The van der Waals surface area contributed by atoms with Crippen molar-refractivity contribution in [1.82, 2.24) is 0 Å². The van der Waals surface area contributed by atoms with E-state index in [2.05, 4.69) is 62.1 Å². The largest absolute Gasteiger partial charge is 0.406 e. The van der Waals surface area contributed by atoms with Crippen molar-refractivity contribution in [1.29, 1.82) is 0 Å². The Hall–Kier alpha value is -1.24. The molecule has 0 bridgehead atoms. The Balaban J connectivity index is 2.01. The molecule has 27 heavy (non-hydrogen) atoms. The van der Waals surface area contributed by atoms with Gasteiger partial charge in [0, 0.05) is 10.4 Å². The maximum absolute atomic E-state index is 11.0. The van der Waals surface area contributed by atoms with E-state index in [0.717, 1.165) is 16.0 Å². The highest BCUT2D eigenvalue weighted by Gasteiger charge is 2.40. The predicted octanol–water partition coefficient (Wildman–Crippen LogP) is 7.00. The average molecular weight is 417 g/mol. The van der Waals surface area contributed by atoms with Gasteiger partial charge in [-0.15, -0.1) is 11.3 Å². The van der Waals surface area contributed by atoms with E-state index in [1.54, 1.807) is 22.7 Å². The molecular formula is C22H28O2S2Si. The lowest BCUT2D eigenvalue weighted by Crippen LogP contribution is -2.42. The molecular weight excluding hydrogens is 388 g/mol. The molecule has 0 radical (unpaired) electrons. The molecule has 3 aromatic rings. The van der Waals surface area contributed by atoms with Crippen LogP contribution in [0.25, 0.3) is 0 Å². The monoisotopic (exact) mass is 416 g/mol. The molecule has 3 rings (SSSR count). The molecule has 2 atom stereocenters. The third-order valence-corrected chi connectivity index (χ3v) is 11.6. The number of hydrogen-bond acceptors (Lipinski definition) is 4. The lowest BCUT2D eigenvalue weighted by Gasteiger charge is -2.39. The van der Waals surface area contributed by atoms with Crippen molar-refractivity contribution < 1.29 is 9.53 Å². The van der Waals surface area contributed by atoms with Gasteiger partial charge in [0.1, 0.15) is 6.10 Å². The van der Waals surface area contributed by atoms with Gasteiger partial charge in [0.15, 0.2) is 8.32 Å². The molecule has 144 valence electrons. The Morgan fingerprint density at radius 2 is 1.67 bits per heavy atom. The van der Waals surface area contributed by atoms with Gasteiger partial charge in [-0.25, -0.2) is 0 Å². The van der Waals surface area contributed by atoms with Crippen LogP contribution in [0, 0.1) is 0 Å². The van der Waals surface area contributed by atoms with E-state index in [1.807, 2.05) is 30.3 Å². The molecule has 0 aliphatic heterocycles. The van der Waals surface area contributed by atoms with E-state index in [-0.39, 0.29) is 11.1 Å². The van der Waals surface area contributed by atoms with E-state index < -0.39 is 14.4 Å². The molecule has 1 aromatic carbocycles. The van der Waals surface area contributed by atoms with Crippen molar-refractivity contribution in [3.8, 4) is 0 Å². The van der Waals surface area contributed by atoms with Crippen LogP contribution in [0.3, 0.4) is 0 Å². The summed E-state index contributed by atoms with van der Waals surface area (Å²) in [4.78, 5) is 0.969. The summed E-state index contributed by atoms with van der Waals surface area (Å²) in [6.45, 7) is 11.4. The molecule has 1 N–H and O–H groups in total. The van der Waals surface area contributed by atoms with Crippen LogP contribution >= 0.6 is 22.7 Å². The van der Waals surface area contributed by atoms with E-state index in [1.165, 1.54) is 5.56 Å². The number of rotatable bonds is 6. The molecule has 2 heterocycles. The molecule has 2 unspecified atom stereocenters. The number of thiophene rings is 2. The van der Waals surface area contributed by atoms with Crippen molar-refractivity contribution in [2.45, 2.75) is 51.1 Å². The van der Waals surface area contributed by atoms with Crippen LogP contribution in [0.5, 0.6) is 0 Å². The molecule has 2 aromatic heterocycles. The van der Waals surface area contributed by atoms with Gasteiger partial charge < -0.3 is 9.53 Å². The van der Waals surface area contributed by atoms with Gasteiger partial charge in [0.25, 0.3) is 0 Å². The van der Waals surface area contributed by atoms with E-state index in [4.69, 9.17) is 4.43 Å². The molecule has 0 aliphatic carbocycles. The second-order valence-electron chi connectivity index (χ2n) is 8.37. The summed E-state index contributed by atoms with van der Waals surface area (Å²) in [6.07, 6.45) is -0.776. The third-order valence-electron chi connectivity index (χ3n) is 5.44. The minimum Gasteiger partial charge on any atom is -0.406 e. The van der Waals surface area contributed by atoms with Crippen LogP contribution in [-0.4, -0.2) is 13.4 Å². The van der Waals surface area contributed by atoms with Crippen molar-refractivity contribution in [3.63, 3.8) is 0 Å². The smallest absolute Gasteiger partial charge is 0.193 e. The van der Waals surface area contributed by atoms with Gasteiger partial charge in [-0.2, -0.15) is 11.3 Å². The van der Waals surface area contributed by atoms with Gasteiger partial charge >= 0.3 is 0 Å². The topological polar surface area (TPSA) is 29.5 Å². The lowest BCUT2D eigenvalue weighted by atomic mass is 10.00. The first-order valence-corrected chi connectivity index (χ1v) is 13.9. The first-order valence-electron chi connectivity index (χ1n) is 9.21. The summed E-state index contributed by atoms with van der Waals surface area (Å²) >= 11 is 3.29. The van der Waals surface area contributed by atoms with Gasteiger partial charge in [0.05, 0.1) is 6.10 Å². The fraction of sp³-hybridized carbons (Fsp3) is 0.364. The van der Waals surface area contributed by atoms with Gasteiger partial charge in [-0.1, -0.05) is 51.1 Å². The summed E-state index contributed by atoms with van der Waals surface area (Å²) in [5.74, 6) is 0. The minimum absolute atomic E-state index is 0.121. The molecule has 2 nitrogen and oxygen atoms in total. The highest BCUT2D eigenvalue weighted by atomic mass is 32.1. The average Bonchev–Trinajstić information content (AvgIpc) is 3.31. The summed E-state index contributed by atoms with van der Waals surface area (Å²) in [6, 6.07) is 14.1. The highest BCUT2D eigenvalue weighted by molar-refractivity contribution is 7.10. The van der Waals surface area contributed by atoms with Gasteiger partial charge in [0.2, 0.25) is 0 Å². The van der Waals surface area contributed by atoms with Crippen LogP contribution < -0.4 is 0 Å². The van der Waals surface area contributed by atoms with Crippen LogP contribution in [0.15, 0.2) is 58.6 Å². The molecule has 0 fully saturated rings. The number of benzene rings is 1. The maximum atomic E-state index is 11.0. The number of hydrogen-bond donors (Lipinski definition) is 1. The zero-order valence-electron chi connectivity index (χ0n) is 16.6. The Kier molecular flexibility index (Phi) is 6.08. The standard InChI is InChI=1S/C22H28O2S2Si/c1-22(2,3)27(4,5)24-20(17-11-13-25-15-17)18-12-14-26-21(18)19(23)16-9-7-6-8-10-16/h6-15,19-20,23H,1-5H3. The van der Waals surface area contributed by atoms with Crippen molar-refractivity contribution in [2.24, 2.45) is 0 Å². The number of aliphatic hydroxyl groups is 1. The second kappa shape index (κ2) is 8.01. The minimum atomic E-state index is -1.99. The van der Waals surface area contributed by atoms with E-state index in [0.29, 0.717) is 0 Å². The molecule has 5 heteroatoms. The molecule has 0 spiro atoms. The number of aliphatic hydroxyl groups excluding tert-OH is 1. The van der Waals surface area contributed by atoms with Crippen LogP contribution in [0.2, 0.25) is 18.1 Å². The zero-order chi connectivity index (χ0) is 19.7. The highest BCUT2D eigenvalue weighted by Crippen LogP contribution is 2.44. The first kappa shape index (κ1) is 20.5. The van der Waals surface area contributed by atoms with Crippen LogP contribution in [0.1, 0.15) is 54.5 Å². The molecule has 0 saturated heterocycles. The van der Waals surface area contributed by atoms with Crippen molar-refractivity contribution >= 4 is 31.0 Å². The predicted molar refractivity (Wildman–Crippen MR) is 119 cm³/mol. The van der Waals surface area contributed by atoms with Gasteiger partial charge in [-0.05, 0) is 57.5 Å². The Bertz CT molecular complexity index is 848. The van der Waals surface area contributed by atoms with E-state index in [9.17, 15) is 5.11 Å². The molecule has 0 aliphatic rings. The summed E-state index contributed by atoms with van der Waals surface area (Å²) in [7, 11) is -1.99. The summed E-state index contributed by atoms with van der Waals surface area (Å²) in [5, 5.41) is 17.5. The fourth-order valence-corrected chi connectivity index (χ4v) is 5.58. The SMILES string of the molecule is CC(C)(C)[Si](C)(C)OC(c1ccsc1)c1ccsc1C(O)c1ccccc1. The maximum Gasteiger partial charge on any atom is 0.193 e. The first-order chi connectivity index (χ1) is 12.7. The Labute approximate surface area is 171 Å². The van der Waals surface area contributed by atoms with Crippen molar-refractivity contribution in [2.75, 3.05) is 0 Å². The van der Waals surface area contributed by atoms with Crippen LogP contribution in [0.4, 0.5) is 0 Å². The molecule has 0 saturated carbocycles. The second-order valence-corrected chi connectivity index (χ2v) is 14.9. The zero-order valence-corrected chi connectivity index (χ0v) is 19.2.